The van der Waals surface area contributed by atoms with Crippen LogP contribution < -0.4 is 5.32 Å². The number of aliphatic hydroxyl groups excluding tert-OH is 1. The predicted octanol–water partition coefficient (Wildman–Crippen LogP) is 2.16. The fourth-order valence-corrected chi connectivity index (χ4v) is 2.21. The minimum Gasteiger partial charge on any atom is -0.394 e. The van der Waals surface area contributed by atoms with Crippen molar-refractivity contribution >= 4 is 27.4 Å². The van der Waals surface area contributed by atoms with Gasteiger partial charge in [-0.05, 0) is 28.1 Å². The molecule has 0 bridgehead atoms. The first-order chi connectivity index (χ1) is 10.1. The van der Waals surface area contributed by atoms with Gasteiger partial charge in [-0.25, -0.2) is 4.98 Å². The molecule has 0 radical (unpaired) electrons. The first-order valence-corrected chi connectivity index (χ1v) is 6.96. The van der Waals surface area contributed by atoms with Crippen LogP contribution in [0, 0.1) is 10.1 Å². The van der Waals surface area contributed by atoms with Crippen LogP contribution in [0.15, 0.2) is 41.1 Å². The summed E-state index contributed by atoms with van der Waals surface area (Å²) in [5, 5.41) is 23.1. The van der Waals surface area contributed by atoms with Gasteiger partial charge in [0.1, 0.15) is 12.0 Å². The van der Waals surface area contributed by atoms with Gasteiger partial charge in [0.25, 0.3) is 5.69 Å². The molecule has 0 aliphatic rings. The normalized spacial score (nSPS) is 11.9. The van der Waals surface area contributed by atoms with Crippen LogP contribution in [0.1, 0.15) is 5.69 Å². The SMILES string of the molecule is O=[N+]([O-])c1cnc(N[C@H](CO)Cc2ccccn2)c(Br)c1. The first-order valence-electron chi connectivity index (χ1n) is 6.17. The van der Waals surface area contributed by atoms with Gasteiger partial charge in [-0.3, -0.25) is 15.1 Å². The number of rotatable bonds is 6. The molecule has 2 aromatic heterocycles. The Morgan fingerprint density at radius 1 is 1.43 bits per heavy atom. The summed E-state index contributed by atoms with van der Waals surface area (Å²) in [6.45, 7) is -0.109. The highest BCUT2D eigenvalue weighted by Crippen LogP contribution is 2.25. The predicted molar refractivity (Wildman–Crippen MR) is 81.0 cm³/mol. The fourth-order valence-electron chi connectivity index (χ4n) is 1.76. The van der Waals surface area contributed by atoms with E-state index in [1.807, 2.05) is 18.2 Å². The van der Waals surface area contributed by atoms with E-state index in [1.165, 1.54) is 12.3 Å². The molecule has 0 aliphatic heterocycles. The van der Waals surface area contributed by atoms with E-state index in [0.717, 1.165) is 5.69 Å². The van der Waals surface area contributed by atoms with Crippen molar-refractivity contribution in [2.45, 2.75) is 12.5 Å². The number of hydrogen-bond donors (Lipinski definition) is 2. The van der Waals surface area contributed by atoms with E-state index in [-0.39, 0.29) is 18.3 Å². The number of pyridine rings is 2. The summed E-state index contributed by atoms with van der Waals surface area (Å²) in [5.41, 5.74) is 0.736. The molecule has 2 rings (SSSR count). The van der Waals surface area contributed by atoms with Crippen LogP contribution in [0.2, 0.25) is 0 Å². The highest BCUT2D eigenvalue weighted by molar-refractivity contribution is 9.10. The molecule has 0 saturated heterocycles. The van der Waals surface area contributed by atoms with Crippen LogP contribution in [0.4, 0.5) is 11.5 Å². The van der Waals surface area contributed by atoms with Gasteiger partial charge in [0.15, 0.2) is 0 Å². The molecule has 0 saturated carbocycles. The lowest BCUT2D eigenvalue weighted by Crippen LogP contribution is -2.27. The molecule has 2 heterocycles. The van der Waals surface area contributed by atoms with Crippen LogP contribution >= 0.6 is 15.9 Å². The van der Waals surface area contributed by atoms with Crippen molar-refractivity contribution in [3.8, 4) is 0 Å². The second-order valence-electron chi connectivity index (χ2n) is 4.33. The minimum atomic E-state index is -0.515. The van der Waals surface area contributed by atoms with Gasteiger partial charge in [-0.1, -0.05) is 6.07 Å². The average molecular weight is 353 g/mol. The molecular weight excluding hydrogens is 340 g/mol. The summed E-state index contributed by atoms with van der Waals surface area (Å²) in [6, 6.07) is 6.63. The van der Waals surface area contributed by atoms with Gasteiger partial charge in [0, 0.05) is 24.4 Å². The lowest BCUT2D eigenvalue weighted by molar-refractivity contribution is -0.385. The van der Waals surface area contributed by atoms with Crippen molar-refractivity contribution in [3.63, 3.8) is 0 Å². The van der Waals surface area contributed by atoms with Gasteiger partial charge >= 0.3 is 0 Å². The number of nitro groups is 1. The topological polar surface area (TPSA) is 101 Å². The molecule has 0 aliphatic carbocycles. The molecule has 2 N–H and O–H groups in total. The Hall–Kier alpha value is -2.06. The summed E-state index contributed by atoms with van der Waals surface area (Å²) in [6.07, 6.45) is 3.37. The molecule has 8 heteroatoms. The largest absolute Gasteiger partial charge is 0.394 e. The second kappa shape index (κ2) is 7.09. The molecule has 2 aromatic rings. The molecule has 7 nitrogen and oxygen atoms in total. The van der Waals surface area contributed by atoms with Crippen LogP contribution in [0.5, 0.6) is 0 Å². The maximum atomic E-state index is 10.7. The highest BCUT2D eigenvalue weighted by atomic mass is 79.9. The smallest absolute Gasteiger partial charge is 0.288 e. The number of hydrogen-bond acceptors (Lipinski definition) is 6. The second-order valence-corrected chi connectivity index (χ2v) is 5.18. The highest BCUT2D eigenvalue weighted by Gasteiger charge is 2.15. The number of nitrogens with zero attached hydrogens (tertiary/aromatic N) is 3. The Kier molecular flexibility index (Phi) is 5.18. The van der Waals surface area contributed by atoms with Crippen LogP contribution in [0.3, 0.4) is 0 Å². The minimum absolute atomic E-state index is 0.0994. The summed E-state index contributed by atoms with van der Waals surface area (Å²) in [5.74, 6) is 0.440. The van der Waals surface area contributed by atoms with E-state index >= 15 is 0 Å². The standard InChI is InChI=1S/C13H13BrN4O3/c14-12-6-11(18(20)21)7-16-13(12)17-10(8-19)5-9-3-1-2-4-15-9/h1-4,6-7,10,19H,5,8H2,(H,16,17)/t10-/m0/s1. The summed E-state index contributed by atoms with van der Waals surface area (Å²) >= 11 is 3.23. The van der Waals surface area contributed by atoms with E-state index in [2.05, 4.69) is 31.2 Å². The third-order valence-electron chi connectivity index (χ3n) is 2.78. The van der Waals surface area contributed by atoms with Crippen molar-refractivity contribution in [2.75, 3.05) is 11.9 Å². The zero-order valence-corrected chi connectivity index (χ0v) is 12.5. The van der Waals surface area contributed by atoms with Crippen molar-refractivity contribution in [1.82, 2.24) is 9.97 Å². The molecule has 21 heavy (non-hydrogen) atoms. The third kappa shape index (κ3) is 4.20. The third-order valence-corrected chi connectivity index (χ3v) is 3.38. The molecule has 110 valence electrons. The van der Waals surface area contributed by atoms with Gasteiger partial charge in [-0.2, -0.15) is 0 Å². The molecule has 0 unspecified atom stereocenters. The van der Waals surface area contributed by atoms with E-state index in [0.29, 0.717) is 16.7 Å². The first kappa shape index (κ1) is 15.3. The Morgan fingerprint density at radius 2 is 2.24 bits per heavy atom. The van der Waals surface area contributed by atoms with Crippen LogP contribution in [-0.2, 0) is 6.42 Å². The fraction of sp³-hybridized carbons (Fsp3) is 0.231. The summed E-state index contributed by atoms with van der Waals surface area (Å²) in [4.78, 5) is 18.3. The summed E-state index contributed by atoms with van der Waals surface area (Å²) < 4.78 is 0.469. The van der Waals surface area contributed by atoms with Crippen molar-refractivity contribution < 1.29 is 10.0 Å². The molecule has 0 amide bonds. The van der Waals surface area contributed by atoms with E-state index in [4.69, 9.17) is 0 Å². The number of halogens is 1. The average Bonchev–Trinajstić information content (AvgIpc) is 2.49. The maximum Gasteiger partial charge on any atom is 0.288 e. The molecule has 0 aromatic carbocycles. The molecule has 1 atom stereocenters. The van der Waals surface area contributed by atoms with E-state index < -0.39 is 4.92 Å². The Bertz CT molecular complexity index is 624. The molecule has 0 spiro atoms. The Labute approximate surface area is 129 Å². The quantitative estimate of drug-likeness (QED) is 0.610. The Balaban J connectivity index is 2.10. The number of anilines is 1. The van der Waals surface area contributed by atoms with E-state index in [1.54, 1.807) is 6.20 Å². The Morgan fingerprint density at radius 3 is 2.81 bits per heavy atom. The lowest BCUT2D eigenvalue weighted by Gasteiger charge is -2.17. The van der Waals surface area contributed by atoms with Gasteiger partial charge < -0.3 is 10.4 Å². The maximum absolute atomic E-state index is 10.7. The summed E-state index contributed by atoms with van der Waals surface area (Å²) in [7, 11) is 0. The number of aliphatic hydroxyl groups is 1. The zero-order valence-electron chi connectivity index (χ0n) is 10.9. The molecule has 0 fully saturated rings. The van der Waals surface area contributed by atoms with Crippen molar-refractivity contribution in [1.29, 1.82) is 0 Å². The van der Waals surface area contributed by atoms with Gasteiger partial charge in [0.2, 0.25) is 0 Å². The number of aromatic nitrogens is 2. The number of nitrogens with one attached hydrogen (secondary N) is 1. The van der Waals surface area contributed by atoms with Gasteiger partial charge in [-0.15, -0.1) is 0 Å². The van der Waals surface area contributed by atoms with E-state index in [9.17, 15) is 15.2 Å². The van der Waals surface area contributed by atoms with Gasteiger partial charge in [0.05, 0.1) is 22.0 Å². The zero-order chi connectivity index (χ0) is 15.2. The van der Waals surface area contributed by atoms with Crippen LogP contribution in [0.25, 0.3) is 0 Å². The van der Waals surface area contributed by atoms with Crippen LogP contribution in [-0.4, -0.2) is 32.6 Å². The van der Waals surface area contributed by atoms with Crippen molar-refractivity contribution in [3.05, 3.63) is 56.9 Å². The molecular formula is C13H13BrN4O3. The lowest BCUT2D eigenvalue weighted by atomic mass is 10.1. The van der Waals surface area contributed by atoms with Crippen molar-refractivity contribution in [2.24, 2.45) is 0 Å². The monoisotopic (exact) mass is 352 g/mol.